The molecule has 1 saturated heterocycles. The van der Waals surface area contributed by atoms with E-state index < -0.39 is 12.1 Å². The van der Waals surface area contributed by atoms with Gasteiger partial charge in [0.25, 0.3) is 0 Å². The van der Waals surface area contributed by atoms with E-state index in [9.17, 15) is 4.79 Å². The number of morpholine rings is 1. The van der Waals surface area contributed by atoms with Crippen molar-refractivity contribution >= 4 is 16.9 Å². The summed E-state index contributed by atoms with van der Waals surface area (Å²) in [7, 11) is 0. The number of pyridine rings is 1. The Kier molecular flexibility index (Phi) is 3.86. The molecule has 1 aliphatic heterocycles. The number of rotatable bonds is 3. The number of aliphatic carboxylic acids is 1. The molecule has 1 aliphatic rings. The lowest BCUT2D eigenvalue weighted by molar-refractivity contribution is -0.156. The van der Waals surface area contributed by atoms with Crippen molar-refractivity contribution in [2.24, 2.45) is 0 Å². The molecule has 0 aliphatic carbocycles. The second kappa shape index (κ2) is 5.79. The van der Waals surface area contributed by atoms with Gasteiger partial charge in [0.05, 0.1) is 12.1 Å². The second-order valence-electron chi connectivity index (χ2n) is 5.41. The van der Waals surface area contributed by atoms with Gasteiger partial charge in [0.1, 0.15) is 0 Å². The Hall–Kier alpha value is -1.98. The normalized spacial score (nSPS) is 19.8. The fourth-order valence-electron chi connectivity index (χ4n) is 2.63. The van der Waals surface area contributed by atoms with Crippen LogP contribution in [0.15, 0.2) is 30.3 Å². The Morgan fingerprint density at radius 3 is 3.10 bits per heavy atom. The van der Waals surface area contributed by atoms with Crippen molar-refractivity contribution in [1.82, 2.24) is 9.88 Å². The lowest BCUT2D eigenvalue weighted by Crippen LogP contribution is -2.45. The molecule has 5 heteroatoms. The van der Waals surface area contributed by atoms with Crippen LogP contribution >= 0.6 is 0 Å². The number of nitrogens with zero attached hydrogens (tertiary/aromatic N) is 2. The highest BCUT2D eigenvalue weighted by atomic mass is 16.5. The fourth-order valence-corrected chi connectivity index (χ4v) is 2.63. The fraction of sp³-hybridized carbons (Fsp3) is 0.375. The zero-order valence-corrected chi connectivity index (χ0v) is 12.0. The molecule has 1 aromatic carbocycles. The molecule has 1 atom stereocenters. The summed E-state index contributed by atoms with van der Waals surface area (Å²) < 4.78 is 5.24. The Labute approximate surface area is 123 Å². The van der Waals surface area contributed by atoms with Crippen molar-refractivity contribution in [3.05, 3.63) is 41.6 Å². The van der Waals surface area contributed by atoms with E-state index in [1.165, 1.54) is 5.56 Å². The average Bonchev–Trinajstić information content (AvgIpc) is 2.48. The Morgan fingerprint density at radius 1 is 1.43 bits per heavy atom. The molecule has 0 amide bonds. The molecule has 0 spiro atoms. The predicted molar refractivity (Wildman–Crippen MR) is 79.1 cm³/mol. The standard InChI is InChI=1S/C16H18N2O3/c1-11-2-4-13-8-12(3-5-14(13)17-11)9-18-6-7-21-15(10-18)16(19)20/h2-5,8,15H,6-7,9-10H2,1H3,(H,19,20). The molecule has 2 heterocycles. The number of benzene rings is 1. The zero-order valence-electron chi connectivity index (χ0n) is 12.0. The molecular formula is C16H18N2O3. The van der Waals surface area contributed by atoms with E-state index in [0.717, 1.165) is 29.7 Å². The SMILES string of the molecule is Cc1ccc2cc(CN3CCOC(C(=O)O)C3)ccc2n1. The first-order chi connectivity index (χ1) is 10.1. The van der Waals surface area contributed by atoms with Crippen LogP contribution in [0.25, 0.3) is 10.9 Å². The van der Waals surface area contributed by atoms with Gasteiger partial charge >= 0.3 is 5.97 Å². The van der Waals surface area contributed by atoms with E-state index in [4.69, 9.17) is 9.84 Å². The van der Waals surface area contributed by atoms with Crippen LogP contribution in [0, 0.1) is 6.92 Å². The quantitative estimate of drug-likeness (QED) is 0.932. The molecule has 0 radical (unpaired) electrons. The molecule has 110 valence electrons. The van der Waals surface area contributed by atoms with Crippen LogP contribution in [0.1, 0.15) is 11.3 Å². The number of carboxylic acid groups (broad SMARTS) is 1. The maximum absolute atomic E-state index is 11.0. The van der Waals surface area contributed by atoms with Crippen molar-refractivity contribution < 1.29 is 14.6 Å². The van der Waals surface area contributed by atoms with Crippen molar-refractivity contribution in [3.63, 3.8) is 0 Å². The van der Waals surface area contributed by atoms with E-state index in [1.54, 1.807) is 0 Å². The smallest absolute Gasteiger partial charge is 0.334 e. The Bertz CT molecular complexity index is 672. The topological polar surface area (TPSA) is 62.7 Å². The monoisotopic (exact) mass is 286 g/mol. The minimum atomic E-state index is -0.891. The van der Waals surface area contributed by atoms with E-state index >= 15 is 0 Å². The van der Waals surface area contributed by atoms with Crippen LogP contribution in [-0.2, 0) is 16.1 Å². The number of hydrogen-bond donors (Lipinski definition) is 1. The molecule has 1 unspecified atom stereocenters. The van der Waals surface area contributed by atoms with E-state index in [1.807, 2.05) is 19.1 Å². The summed E-state index contributed by atoms with van der Waals surface area (Å²) in [5, 5.41) is 10.1. The lowest BCUT2D eigenvalue weighted by Gasteiger charge is -2.30. The van der Waals surface area contributed by atoms with Gasteiger partial charge in [-0.05, 0) is 30.7 Å². The molecule has 1 N–H and O–H groups in total. The summed E-state index contributed by atoms with van der Waals surface area (Å²) in [4.78, 5) is 17.6. The largest absolute Gasteiger partial charge is 0.479 e. The first-order valence-corrected chi connectivity index (χ1v) is 7.05. The van der Waals surface area contributed by atoms with Crippen LogP contribution in [0.3, 0.4) is 0 Å². The summed E-state index contributed by atoms with van der Waals surface area (Å²) >= 11 is 0. The number of aryl methyl sites for hydroxylation is 1. The molecule has 0 bridgehead atoms. The number of fused-ring (bicyclic) bond motifs is 1. The van der Waals surface area contributed by atoms with Gasteiger partial charge in [0.2, 0.25) is 0 Å². The molecule has 3 rings (SSSR count). The molecule has 1 fully saturated rings. The van der Waals surface area contributed by atoms with E-state index in [-0.39, 0.29) is 0 Å². The molecular weight excluding hydrogens is 268 g/mol. The highest BCUT2D eigenvalue weighted by Crippen LogP contribution is 2.17. The maximum atomic E-state index is 11.0. The van der Waals surface area contributed by atoms with Crippen LogP contribution < -0.4 is 0 Å². The van der Waals surface area contributed by atoms with Gasteiger partial charge in [-0.1, -0.05) is 12.1 Å². The first kappa shape index (κ1) is 14.0. The van der Waals surface area contributed by atoms with Gasteiger partial charge in [0, 0.05) is 30.7 Å². The first-order valence-electron chi connectivity index (χ1n) is 7.05. The minimum Gasteiger partial charge on any atom is -0.479 e. The highest BCUT2D eigenvalue weighted by molar-refractivity contribution is 5.79. The number of hydrogen-bond acceptors (Lipinski definition) is 4. The minimum absolute atomic E-state index is 0.430. The number of aromatic nitrogens is 1. The van der Waals surface area contributed by atoms with Gasteiger partial charge in [-0.15, -0.1) is 0 Å². The van der Waals surface area contributed by atoms with Crippen molar-refractivity contribution in [2.45, 2.75) is 19.6 Å². The van der Waals surface area contributed by atoms with Crippen molar-refractivity contribution in [2.75, 3.05) is 19.7 Å². The van der Waals surface area contributed by atoms with Gasteiger partial charge in [-0.3, -0.25) is 9.88 Å². The molecule has 21 heavy (non-hydrogen) atoms. The Morgan fingerprint density at radius 2 is 2.29 bits per heavy atom. The number of carbonyl (C=O) groups is 1. The van der Waals surface area contributed by atoms with E-state index in [2.05, 4.69) is 28.1 Å². The molecule has 2 aromatic rings. The van der Waals surface area contributed by atoms with Gasteiger partial charge in [-0.25, -0.2) is 4.79 Å². The van der Waals surface area contributed by atoms with Crippen LogP contribution in [0.2, 0.25) is 0 Å². The van der Waals surface area contributed by atoms with Crippen molar-refractivity contribution in [1.29, 1.82) is 0 Å². The average molecular weight is 286 g/mol. The third kappa shape index (κ3) is 3.20. The zero-order chi connectivity index (χ0) is 14.8. The summed E-state index contributed by atoms with van der Waals surface area (Å²) in [6, 6.07) is 10.3. The van der Waals surface area contributed by atoms with Gasteiger partial charge in [-0.2, -0.15) is 0 Å². The lowest BCUT2D eigenvalue weighted by atomic mass is 10.1. The van der Waals surface area contributed by atoms with E-state index in [0.29, 0.717) is 13.2 Å². The third-order valence-corrected chi connectivity index (χ3v) is 3.73. The molecule has 0 saturated carbocycles. The van der Waals surface area contributed by atoms with Crippen LogP contribution in [-0.4, -0.2) is 46.8 Å². The summed E-state index contributed by atoms with van der Waals surface area (Å²) in [5.41, 5.74) is 3.16. The number of carboxylic acids is 1. The van der Waals surface area contributed by atoms with Gasteiger partial charge < -0.3 is 9.84 Å². The Balaban J connectivity index is 1.75. The summed E-state index contributed by atoms with van der Waals surface area (Å²) in [5.74, 6) is -0.891. The summed E-state index contributed by atoms with van der Waals surface area (Å²) in [6.07, 6.45) is -0.719. The van der Waals surface area contributed by atoms with Crippen LogP contribution in [0.4, 0.5) is 0 Å². The van der Waals surface area contributed by atoms with Gasteiger partial charge in [0.15, 0.2) is 6.10 Å². The maximum Gasteiger partial charge on any atom is 0.334 e. The highest BCUT2D eigenvalue weighted by Gasteiger charge is 2.26. The number of ether oxygens (including phenoxy) is 1. The molecule has 5 nitrogen and oxygen atoms in total. The summed E-state index contributed by atoms with van der Waals surface area (Å²) in [6.45, 7) is 4.36. The second-order valence-corrected chi connectivity index (χ2v) is 5.41. The molecule has 1 aromatic heterocycles. The predicted octanol–water partition coefficient (Wildman–Crippen LogP) is 1.83. The van der Waals surface area contributed by atoms with Crippen LogP contribution in [0.5, 0.6) is 0 Å². The third-order valence-electron chi connectivity index (χ3n) is 3.73. The van der Waals surface area contributed by atoms with Crippen molar-refractivity contribution in [3.8, 4) is 0 Å².